The van der Waals surface area contributed by atoms with E-state index in [4.69, 9.17) is 20.2 Å². The number of rotatable bonds is 4. The van der Waals surface area contributed by atoms with Crippen molar-refractivity contribution in [1.29, 1.82) is 0 Å². The molecule has 0 amide bonds. The fourth-order valence-electron chi connectivity index (χ4n) is 2.72. The van der Waals surface area contributed by atoms with Gasteiger partial charge in [0.05, 0.1) is 0 Å². The number of benzene rings is 3. The van der Waals surface area contributed by atoms with Crippen molar-refractivity contribution >= 4 is 42.1 Å². The van der Waals surface area contributed by atoms with E-state index in [2.05, 4.69) is 72.8 Å². The summed E-state index contributed by atoms with van der Waals surface area (Å²) in [6.07, 6.45) is 0. The molecule has 0 fully saturated rings. The van der Waals surface area contributed by atoms with Crippen LogP contribution in [0.2, 0.25) is 0 Å². The second kappa shape index (κ2) is 7.18. The Bertz CT molecular complexity index is 621. The quantitative estimate of drug-likeness (QED) is 0.453. The van der Waals surface area contributed by atoms with Crippen molar-refractivity contribution in [1.82, 2.24) is 0 Å². The van der Waals surface area contributed by atoms with Crippen LogP contribution < -0.4 is 15.9 Å². The third-order valence-corrected chi connectivity index (χ3v) is 17.1. The molecule has 0 spiro atoms. The average molecular weight is 390 g/mol. The fourth-order valence-corrected chi connectivity index (χ4v) is 15.7. The van der Waals surface area contributed by atoms with Crippen LogP contribution in [-0.4, -0.2) is 0 Å². The predicted octanol–water partition coefficient (Wildman–Crippen LogP) is 4.55. The van der Waals surface area contributed by atoms with E-state index in [1.54, 1.807) is 0 Å². The van der Waals surface area contributed by atoms with Gasteiger partial charge in [0, 0.05) is 0 Å². The monoisotopic (exact) mass is 389 g/mol. The molecule has 0 N–H and O–H groups in total. The van der Waals surface area contributed by atoms with Crippen molar-refractivity contribution in [3.63, 3.8) is 0 Å². The van der Waals surface area contributed by atoms with Gasteiger partial charge in [0.2, 0.25) is 0 Å². The molecule has 0 bridgehead atoms. The maximum absolute atomic E-state index is 6.71. The van der Waals surface area contributed by atoms with Crippen LogP contribution >= 0.6 is 26.1 Å². The van der Waals surface area contributed by atoms with Crippen LogP contribution in [0.5, 0.6) is 0 Å². The summed E-state index contributed by atoms with van der Waals surface area (Å²) in [5.41, 5.74) is 0. The normalized spacial score (nSPS) is 12.7. The molecule has 0 aliphatic rings. The topological polar surface area (TPSA) is 0 Å². The minimum absolute atomic E-state index is 1.26. The van der Waals surface area contributed by atoms with Gasteiger partial charge in [-0.25, -0.2) is 0 Å². The molecule has 115 valence electrons. The second-order valence-electron chi connectivity index (χ2n) is 4.92. The zero-order valence-electron chi connectivity index (χ0n) is 11.8. The molecular formula is C18H16Cl2FeP. The Morgan fingerprint density at radius 1 is 0.500 bits per heavy atom. The summed E-state index contributed by atoms with van der Waals surface area (Å²) in [5, 5.41) is 3.78. The van der Waals surface area contributed by atoms with Crippen molar-refractivity contribution in [2.75, 3.05) is 0 Å². The Balaban J connectivity index is 2.34. The minimum atomic E-state index is -2.39. The van der Waals surface area contributed by atoms with Gasteiger partial charge < -0.3 is 0 Å². The third kappa shape index (κ3) is 2.85. The molecular weight excluding hydrogens is 374 g/mol. The Kier molecular flexibility index (Phi) is 5.24. The summed E-state index contributed by atoms with van der Waals surface area (Å²) in [6.45, 7) is 0. The van der Waals surface area contributed by atoms with Gasteiger partial charge in [-0.1, -0.05) is 0 Å². The molecule has 0 heterocycles. The predicted molar refractivity (Wildman–Crippen MR) is 98.2 cm³/mol. The summed E-state index contributed by atoms with van der Waals surface area (Å²) < 4.78 is 0. The standard InChI is InChI=1S/C18H15P.2ClH.Fe/c1-4-10-16(11-5-1)19(17-12-6-2-7-13-17)18-14-8-3-9-15-18;;;/h1-15H;2*1H;/q;;;+1/p-1. The van der Waals surface area contributed by atoms with Crippen LogP contribution in [0.25, 0.3) is 0 Å². The second-order valence-corrected chi connectivity index (χ2v) is 17.1. The summed E-state index contributed by atoms with van der Waals surface area (Å²) in [6, 6.07) is 31.5. The van der Waals surface area contributed by atoms with E-state index in [0.29, 0.717) is 0 Å². The molecule has 22 heavy (non-hydrogen) atoms. The Hall–Kier alpha value is -0.811. The van der Waals surface area contributed by atoms with Crippen LogP contribution in [0.1, 0.15) is 0 Å². The first-order valence-electron chi connectivity index (χ1n) is 6.93. The number of hydrogen-bond acceptors (Lipinski definition) is 0. The molecule has 0 atom stereocenters. The van der Waals surface area contributed by atoms with Gasteiger partial charge in [-0.15, -0.1) is 0 Å². The van der Waals surface area contributed by atoms with Crippen molar-refractivity contribution < 1.29 is 11.6 Å². The zero-order valence-corrected chi connectivity index (χ0v) is 15.4. The molecule has 0 unspecified atom stereocenters. The average Bonchev–Trinajstić information content (AvgIpc) is 2.58. The van der Waals surface area contributed by atoms with Crippen LogP contribution in [0.3, 0.4) is 0 Å². The van der Waals surface area contributed by atoms with Gasteiger partial charge >= 0.3 is 145 Å². The molecule has 0 aromatic heterocycles. The summed E-state index contributed by atoms with van der Waals surface area (Å²) in [4.78, 5) is 0. The first-order valence-corrected chi connectivity index (χ1v) is 13.5. The maximum atomic E-state index is 6.71. The van der Waals surface area contributed by atoms with E-state index in [1.807, 2.05) is 18.2 Å². The first kappa shape index (κ1) is 16.1. The van der Waals surface area contributed by atoms with Crippen molar-refractivity contribution in [2.45, 2.75) is 0 Å². The summed E-state index contributed by atoms with van der Waals surface area (Å²) >= 11 is -1.40. The molecule has 0 radical (unpaired) electrons. The SMILES string of the molecule is [Cl][Fe]([Cl])[PH](c1ccccc1)(c1ccccc1)c1ccccc1. The number of hydrogen-bond donors (Lipinski definition) is 0. The van der Waals surface area contributed by atoms with E-state index in [0.717, 1.165) is 0 Å². The van der Waals surface area contributed by atoms with E-state index < -0.39 is 17.6 Å². The molecule has 3 rings (SSSR count). The van der Waals surface area contributed by atoms with Crippen molar-refractivity contribution in [3.8, 4) is 0 Å². The van der Waals surface area contributed by atoms with E-state index in [9.17, 15) is 0 Å². The molecule has 3 aromatic carbocycles. The molecule has 0 saturated carbocycles. The van der Waals surface area contributed by atoms with Gasteiger partial charge in [-0.2, -0.15) is 0 Å². The van der Waals surface area contributed by atoms with Crippen LogP contribution in [0, 0.1) is 0 Å². The van der Waals surface area contributed by atoms with Crippen LogP contribution in [0.4, 0.5) is 0 Å². The zero-order chi connectivity index (χ0) is 15.4. The van der Waals surface area contributed by atoms with E-state index >= 15 is 0 Å². The summed E-state index contributed by atoms with van der Waals surface area (Å²) in [7, 11) is 13.4. The Labute approximate surface area is 144 Å². The van der Waals surface area contributed by atoms with Crippen LogP contribution in [-0.2, 0) is 11.6 Å². The summed E-state index contributed by atoms with van der Waals surface area (Å²) in [5.74, 6) is -2.39. The van der Waals surface area contributed by atoms with Gasteiger partial charge in [0.25, 0.3) is 0 Å². The number of halogens is 2. The molecule has 0 saturated heterocycles. The van der Waals surface area contributed by atoms with Gasteiger partial charge in [-0.05, 0) is 0 Å². The first-order chi connectivity index (χ1) is 10.8. The Morgan fingerprint density at radius 2 is 0.773 bits per heavy atom. The third-order valence-electron chi connectivity index (χ3n) is 3.69. The van der Waals surface area contributed by atoms with Gasteiger partial charge in [0.15, 0.2) is 0 Å². The molecule has 3 aromatic rings. The molecule has 0 aliphatic heterocycles. The van der Waals surface area contributed by atoms with Crippen LogP contribution in [0.15, 0.2) is 91.0 Å². The van der Waals surface area contributed by atoms with E-state index in [-0.39, 0.29) is 0 Å². The molecule has 0 nitrogen and oxygen atoms in total. The van der Waals surface area contributed by atoms with Crippen molar-refractivity contribution in [2.24, 2.45) is 0 Å². The molecule has 0 aliphatic carbocycles. The Morgan fingerprint density at radius 3 is 1.00 bits per heavy atom. The molecule has 4 heteroatoms. The van der Waals surface area contributed by atoms with Crippen molar-refractivity contribution in [3.05, 3.63) is 91.0 Å². The van der Waals surface area contributed by atoms with E-state index in [1.165, 1.54) is 15.9 Å². The van der Waals surface area contributed by atoms with Gasteiger partial charge in [0.1, 0.15) is 0 Å². The fraction of sp³-hybridized carbons (Fsp3) is 0. The van der Waals surface area contributed by atoms with Gasteiger partial charge in [-0.3, -0.25) is 0 Å².